The van der Waals surface area contributed by atoms with E-state index in [9.17, 15) is 4.79 Å². The van der Waals surface area contributed by atoms with E-state index >= 15 is 0 Å². The second kappa shape index (κ2) is 7.49. The average molecular weight is 352 g/mol. The summed E-state index contributed by atoms with van der Waals surface area (Å²) in [6.07, 6.45) is 0. The van der Waals surface area contributed by atoms with Crippen LogP contribution in [0.3, 0.4) is 0 Å². The van der Waals surface area contributed by atoms with E-state index in [1.807, 2.05) is 30.3 Å². The van der Waals surface area contributed by atoms with E-state index in [4.69, 9.17) is 5.11 Å². The van der Waals surface area contributed by atoms with Crippen LogP contribution < -0.4 is 4.90 Å². The summed E-state index contributed by atoms with van der Waals surface area (Å²) in [7, 11) is 0. The van der Waals surface area contributed by atoms with Crippen molar-refractivity contribution in [3.8, 4) is 10.6 Å². The third-order valence-electron chi connectivity index (χ3n) is 4.07. The van der Waals surface area contributed by atoms with Crippen molar-refractivity contribution < 1.29 is 9.90 Å². The molecule has 0 atom stereocenters. The molecule has 3 aromatic rings. The molecule has 0 bridgehead atoms. The van der Waals surface area contributed by atoms with Crippen LogP contribution in [0, 0.1) is 6.92 Å². The fourth-order valence-electron chi connectivity index (χ4n) is 2.72. The lowest BCUT2D eigenvalue weighted by atomic mass is 10.1. The van der Waals surface area contributed by atoms with Crippen LogP contribution in [-0.4, -0.2) is 22.6 Å². The van der Waals surface area contributed by atoms with E-state index in [1.165, 1.54) is 22.6 Å². The molecule has 0 amide bonds. The van der Waals surface area contributed by atoms with Crippen LogP contribution >= 0.6 is 11.3 Å². The zero-order valence-corrected chi connectivity index (χ0v) is 15.1. The van der Waals surface area contributed by atoms with Crippen molar-refractivity contribution in [2.45, 2.75) is 20.4 Å². The van der Waals surface area contributed by atoms with Crippen molar-refractivity contribution >= 4 is 23.0 Å². The second-order valence-corrected chi connectivity index (χ2v) is 6.78. The molecule has 1 N–H and O–H groups in total. The zero-order valence-electron chi connectivity index (χ0n) is 14.3. The second-order valence-electron chi connectivity index (χ2n) is 5.79. The van der Waals surface area contributed by atoms with Crippen LogP contribution in [-0.2, 0) is 6.54 Å². The molecular weight excluding hydrogens is 332 g/mol. The summed E-state index contributed by atoms with van der Waals surface area (Å²) in [5, 5.41) is 9.92. The number of carbonyl (C=O) groups is 1. The molecule has 0 fully saturated rings. The van der Waals surface area contributed by atoms with Gasteiger partial charge in [0.05, 0.1) is 5.69 Å². The van der Waals surface area contributed by atoms with Crippen molar-refractivity contribution in [2.75, 3.05) is 11.4 Å². The largest absolute Gasteiger partial charge is 0.477 e. The standard InChI is InChI=1S/C20H20N2O2S/c1-3-22(17-7-5-4-6-8-17)13-15-9-11-16(12-10-15)19-21-14(2)18(25-19)20(23)24/h4-12H,3,13H2,1-2H3,(H,23,24). The zero-order chi connectivity index (χ0) is 17.8. The fraction of sp³-hybridized carbons (Fsp3) is 0.200. The van der Waals surface area contributed by atoms with E-state index in [0.29, 0.717) is 10.6 Å². The van der Waals surface area contributed by atoms with Crippen LogP contribution in [0.5, 0.6) is 0 Å². The van der Waals surface area contributed by atoms with Gasteiger partial charge in [-0.25, -0.2) is 9.78 Å². The molecule has 2 aromatic carbocycles. The number of aromatic nitrogens is 1. The highest BCUT2D eigenvalue weighted by molar-refractivity contribution is 7.17. The quantitative estimate of drug-likeness (QED) is 0.689. The monoisotopic (exact) mass is 352 g/mol. The molecule has 25 heavy (non-hydrogen) atoms. The summed E-state index contributed by atoms with van der Waals surface area (Å²) in [5.41, 5.74) is 3.93. The molecule has 4 nitrogen and oxygen atoms in total. The smallest absolute Gasteiger partial charge is 0.347 e. The predicted molar refractivity (Wildman–Crippen MR) is 102 cm³/mol. The Labute approximate surface area is 151 Å². The number of rotatable bonds is 6. The number of benzene rings is 2. The number of thiazole rings is 1. The van der Waals surface area contributed by atoms with Crippen LogP contribution in [0.2, 0.25) is 0 Å². The number of nitrogens with zero attached hydrogens (tertiary/aromatic N) is 2. The molecule has 1 heterocycles. The summed E-state index contributed by atoms with van der Waals surface area (Å²) in [6, 6.07) is 18.5. The average Bonchev–Trinajstić information content (AvgIpc) is 3.03. The van der Waals surface area contributed by atoms with E-state index in [1.54, 1.807) is 6.92 Å². The Kier molecular flexibility index (Phi) is 5.14. The van der Waals surface area contributed by atoms with Crippen LogP contribution in [0.15, 0.2) is 54.6 Å². The highest BCUT2D eigenvalue weighted by Gasteiger charge is 2.15. The van der Waals surface area contributed by atoms with Gasteiger partial charge in [-0.1, -0.05) is 42.5 Å². The summed E-state index contributed by atoms with van der Waals surface area (Å²) in [5.74, 6) is -0.917. The molecule has 5 heteroatoms. The molecule has 3 rings (SSSR count). The SMILES string of the molecule is CCN(Cc1ccc(-c2nc(C)c(C(=O)O)s2)cc1)c1ccccc1. The van der Waals surface area contributed by atoms with Gasteiger partial charge in [0.1, 0.15) is 9.88 Å². The third-order valence-corrected chi connectivity index (χ3v) is 5.26. The molecule has 1 aromatic heterocycles. The first-order valence-electron chi connectivity index (χ1n) is 8.18. The molecule has 128 valence electrons. The van der Waals surface area contributed by atoms with Gasteiger partial charge in [0, 0.05) is 24.3 Å². The maximum Gasteiger partial charge on any atom is 0.347 e. The van der Waals surface area contributed by atoms with Gasteiger partial charge < -0.3 is 10.0 Å². The first-order chi connectivity index (χ1) is 12.1. The van der Waals surface area contributed by atoms with Crippen molar-refractivity contribution in [3.05, 3.63) is 70.7 Å². The Bertz CT molecular complexity index is 857. The number of anilines is 1. The number of aryl methyl sites for hydroxylation is 1. The predicted octanol–water partition coefficient (Wildman–Crippen LogP) is 4.84. The number of hydrogen-bond acceptors (Lipinski definition) is 4. The van der Waals surface area contributed by atoms with Gasteiger partial charge in [0.15, 0.2) is 0 Å². The fourth-order valence-corrected chi connectivity index (χ4v) is 3.63. The molecule has 0 saturated carbocycles. The minimum absolute atomic E-state index is 0.306. The summed E-state index contributed by atoms with van der Waals surface area (Å²) in [4.78, 5) is 18.2. The van der Waals surface area contributed by atoms with Gasteiger partial charge in [-0.3, -0.25) is 0 Å². The summed E-state index contributed by atoms with van der Waals surface area (Å²) < 4.78 is 0. The number of para-hydroxylation sites is 1. The molecular formula is C20H20N2O2S. The number of aromatic carboxylic acids is 1. The Balaban J connectivity index is 1.78. The van der Waals surface area contributed by atoms with Crippen LogP contribution in [0.25, 0.3) is 10.6 Å². The normalized spacial score (nSPS) is 10.6. The van der Waals surface area contributed by atoms with Gasteiger partial charge in [0.25, 0.3) is 0 Å². The van der Waals surface area contributed by atoms with Crippen LogP contribution in [0.1, 0.15) is 27.9 Å². The number of hydrogen-bond donors (Lipinski definition) is 1. The lowest BCUT2D eigenvalue weighted by Crippen LogP contribution is -2.21. The highest BCUT2D eigenvalue weighted by Crippen LogP contribution is 2.28. The molecule has 0 aliphatic rings. The maximum absolute atomic E-state index is 11.2. The van der Waals surface area contributed by atoms with E-state index in [2.05, 4.69) is 41.1 Å². The van der Waals surface area contributed by atoms with E-state index in [0.717, 1.165) is 23.7 Å². The van der Waals surface area contributed by atoms with E-state index in [-0.39, 0.29) is 0 Å². The molecule has 0 aliphatic heterocycles. The van der Waals surface area contributed by atoms with Crippen LogP contribution in [0.4, 0.5) is 5.69 Å². The highest BCUT2D eigenvalue weighted by atomic mass is 32.1. The molecule has 0 aliphatic carbocycles. The lowest BCUT2D eigenvalue weighted by molar-refractivity contribution is 0.0701. The lowest BCUT2D eigenvalue weighted by Gasteiger charge is -2.23. The number of carboxylic acid groups (broad SMARTS) is 1. The maximum atomic E-state index is 11.2. The first-order valence-corrected chi connectivity index (χ1v) is 9.00. The van der Waals surface area contributed by atoms with Crippen molar-refractivity contribution in [3.63, 3.8) is 0 Å². The summed E-state index contributed by atoms with van der Waals surface area (Å²) >= 11 is 1.22. The minimum Gasteiger partial charge on any atom is -0.477 e. The Hall–Kier alpha value is -2.66. The Morgan fingerprint density at radius 3 is 2.36 bits per heavy atom. The number of carboxylic acids is 1. The van der Waals surface area contributed by atoms with Gasteiger partial charge >= 0.3 is 5.97 Å². The van der Waals surface area contributed by atoms with Gasteiger partial charge in [0.2, 0.25) is 0 Å². The van der Waals surface area contributed by atoms with Gasteiger partial charge in [-0.05, 0) is 31.5 Å². The first kappa shape index (κ1) is 17.2. The molecule has 0 radical (unpaired) electrons. The van der Waals surface area contributed by atoms with Gasteiger partial charge in [-0.2, -0.15) is 0 Å². The summed E-state index contributed by atoms with van der Waals surface area (Å²) in [6.45, 7) is 5.64. The minimum atomic E-state index is -0.917. The van der Waals surface area contributed by atoms with Gasteiger partial charge in [-0.15, -0.1) is 11.3 Å². The molecule has 0 unspecified atom stereocenters. The Morgan fingerprint density at radius 1 is 1.12 bits per heavy atom. The van der Waals surface area contributed by atoms with Crippen molar-refractivity contribution in [2.24, 2.45) is 0 Å². The van der Waals surface area contributed by atoms with Crippen molar-refractivity contribution in [1.29, 1.82) is 0 Å². The molecule has 0 saturated heterocycles. The van der Waals surface area contributed by atoms with E-state index < -0.39 is 5.97 Å². The van der Waals surface area contributed by atoms with Crippen molar-refractivity contribution in [1.82, 2.24) is 4.98 Å². The molecule has 0 spiro atoms. The third kappa shape index (κ3) is 3.88. The topological polar surface area (TPSA) is 53.4 Å². The Morgan fingerprint density at radius 2 is 1.80 bits per heavy atom.